The summed E-state index contributed by atoms with van der Waals surface area (Å²) in [5.41, 5.74) is -0.107. The molecule has 2 aromatic carbocycles. The SMILES string of the molecule is C[C@@H]([CH]NCC(C)(O)CS(=O)(=O)c1ccccc1)Cc1ccccc1. The average Bonchev–Trinajstić information content (AvgIpc) is 2.55. The lowest BCUT2D eigenvalue weighted by Gasteiger charge is -2.24. The first-order chi connectivity index (χ1) is 11.8. The molecule has 0 fully saturated rings. The fourth-order valence-electron chi connectivity index (χ4n) is 2.70. The molecule has 2 atom stereocenters. The topological polar surface area (TPSA) is 66.4 Å². The van der Waals surface area contributed by atoms with Crippen LogP contribution < -0.4 is 5.32 Å². The molecule has 2 rings (SSSR count). The fraction of sp³-hybridized carbons (Fsp3) is 0.350. The van der Waals surface area contributed by atoms with E-state index < -0.39 is 15.4 Å². The van der Waals surface area contributed by atoms with Crippen LogP contribution in [0.25, 0.3) is 0 Å². The van der Waals surface area contributed by atoms with E-state index in [9.17, 15) is 13.5 Å². The fourth-order valence-corrected chi connectivity index (χ4v) is 4.36. The van der Waals surface area contributed by atoms with E-state index >= 15 is 0 Å². The van der Waals surface area contributed by atoms with Crippen LogP contribution in [0.15, 0.2) is 65.6 Å². The summed E-state index contributed by atoms with van der Waals surface area (Å²) in [6.07, 6.45) is 0.887. The van der Waals surface area contributed by atoms with Gasteiger partial charge < -0.3 is 10.4 Å². The van der Waals surface area contributed by atoms with Crippen LogP contribution in [0.5, 0.6) is 0 Å². The zero-order valence-corrected chi connectivity index (χ0v) is 15.5. The highest BCUT2D eigenvalue weighted by atomic mass is 32.2. The Balaban J connectivity index is 1.83. The average molecular weight is 360 g/mol. The number of benzene rings is 2. The summed E-state index contributed by atoms with van der Waals surface area (Å²) >= 11 is 0. The van der Waals surface area contributed by atoms with Gasteiger partial charge in [0, 0.05) is 13.1 Å². The van der Waals surface area contributed by atoms with Crippen molar-refractivity contribution in [3.8, 4) is 0 Å². The van der Waals surface area contributed by atoms with Crippen molar-refractivity contribution >= 4 is 9.84 Å². The van der Waals surface area contributed by atoms with Crippen LogP contribution in [0.3, 0.4) is 0 Å². The molecule has 0 aromatic heterocycles. The normalized spacial score (nSPS) is 15.5. The Morgan fingerprint density at radius 3 is 2.24 bits per heavy atom. The van der Waals surface area contributed by atoms with E-state index in [2.05, 4.69) is 24.4 Å². The zero-order chi connectivity index (χ0) is 18.3. The summed E-state index contributed by atoms with van der Waals surface area (Å²) in [6, 6.07) is 18.4. The quantitative estimate of drug-likeness (QED) is 0.722. The van der Waals surface area contributed by atoms with Crippen LogP contribution >= 0.6 is 0 Å². The van der Waals surface area contributed by atoms with Gasteiger partial charge in [0.2, 0.25) is 0 Å². The Labute approximate surface area is 150 Å². The van der Waals surface area contributed by atoms with Crippen molar-refractivity contribution in [1.29, 1.82) is 0 Å². The maximum Gasteiger partial charge on any atom is 0.181 e. The lowest BCUT2D eigenvalue weighted by Crippen LogP contribution is -2.43. The second kappa shape index (κ2) is 8.61. The standard InChI is InChI=1S/C20H26NO3S/c1-17(13-18-9-5-3-6-10-18)14-21-15-20(2,22)16-25(23,24)19-11-7-4-8-12-19/h3-12,14,17,21-22H,13,15-16H2,1-2H3/t17-,20?/m1/s1. The molecule has 4 nitrogen and oxygen atoms in total. The molecule has 0 saturated heterocycles. The monoisotopic (exact) mass is 360 g/mol. The van der Waals surface area contributed by atoms with Crippen molar-refractivity contribution in [2.45, 2.75) is 30.8 Å². The molecule has 0 bridgehead atoms. The summed E-state index contributed by atoms with van der Waals surface area (Å²) < 4.78 is 24.8. The van der Waals surface area contributed by atoms with Gasteiger partial charge in [-0.15, -0.1) is 0 Å². The van der Waals surface area contributed by atoms with Crippen molar-refractivity contribution in [2.24, 2.45) is 5.92 Å². The lowest BCUT2D eigenvalue weighted by molar-refractivity contribution is 0.0845. The van der Waals surface area contributed by atoms with Gasteiger partial charge in [-0.25, -0.2) is 8.42 Å². The number of hydrogen-bond donors (Lipinski definition) is 2. The maximum absolute atomic E-state index is 12.4. The van der Waals surface area contributed by atoms with Crippen molar-refractivity contribution in [3.05, 3.63) is 72.8 Å². The zero-order valence-electron chi connectivity index (χ0n) is 14.7. The highest BCUT2D eigenvalue weighted by Gasteiger charge is 2.29. The summed E-state index contributed by atoms with van der Waals surface area (Å²) in [5.74, 6) is -0.0540. The van der Waals surface area contributed by atoms with Crippen molar-refractivity contribution in [3.63, 3.8) is 0 Å². The summed E-state index contributed by atoms with van der Waals surface area (Å²) in [7, 11) is -3.52. The van der Waals surface area contributed by atoms with E-state index in [1.54, 1.807) is 30.3 Å². The second-order valence-corrected chi connectivity index (χ2v) is 8.77. The smallest absolute Gasteiger partial charge is 0.181 e. The Hall–Kier alpha value is -1.69. The molecular weight excluding hydrogens is 334 g/mol. The first kappa shape index (κ1) is 19.6. The molecule has 0 heterocycles. The molecular formula is C20H26NO3S. The molecule has 0 saturated carbocycles. The summed E-state index contributed by atoms with van der Waals surface area (Å²) in [5, 5.41) is 13.5. The molecule has 0 aliphatic carbocycles. The first-order valence-corrected chi connectivity index (χ1v) is 10.0. The summed E-state index contributed by atoms with van der Waals surface area (Å²) in [6.45, 7) is 5.71. The third-order valence-electron chi connectivity index (χ3n) is 3.89. The minimum Gasteiger partial charge on any atom is -0.388 e. The Kier molecular flexibility index (Phi) is 6.76. The predicted octanol–water partition coefficient (Wildman–Crippen LogP) is 2.84. The number of aliphatic hydroxyl groups is 1. The van der Waals surface area contributed by atoms with Crippen molar-refractivity contribution in [1.82, 2.24) is 5.32 Å². The van der Waals surface area contributed by atoms with Gasteiger partial charge in [0.15, 0.2) is 9.84 Å². The van der Waals surface area contributed by atoms with Crippen LogP contribution in [0.4, 0.5) is 0 Å². The van der Waals surface area contributed by atoms with E-state index in [1.165, 1.54) is 12.5 Å². The van der Waals surface area contributed by atoms with Gasteiger partial charge in [-0.2, -0.15) is 0 Å². The van der Waals surface area contributed by atoms with Gasteiger partial charge >= 0.3 is 0 Å². The molecule has 1 unspecified atom stereocenters. The Morgan fingerprint density at radius 1 is 1.08 bits per heavy atom. The van der Waals surface area contributed by atoms with Crippen LogP contribution in [-0.4, -0.2) is 31.4 Å². The molecule has 25 heavy (non-hydrogen) atoms. The van der Waals surface area contributed by atoms with Gasteiger partial charge in [0.1, 0.15) is 0 Å². The van der Waals surface area contributed by atoms with E-state index in [0.29, 0.717) is 0 Å². The minimum atomic E-state index is -3.52. The van der Waals surface area contributed by atoms with Crippen LogP contribution in [0, 0.1) is 12.5 Å². The van der Waals surface area contributed by atoms with Crippen molar-refractivity contribution < 1.29 is 13.5 Å². The molecule has 2 aromatic rings. The van der Waals surface area contributed by atoms with Gasteiger partial charge in [0.25, 0.3) is 0 Å². The molecule has 135 valence electrons. The molecule has 0 aliphatic rings. The van der Waals surface area contributed by atoms with Crippen LogP contribution in [0.2, 0.25) is 0 Å². The number of sulfone groups is 1. The first-order valence-electron chi connectivity index (χ1n) is 8.39. The molecule has 0 spiro atoms. The van der Waals surface area contributed by atoms with Gasteiger partial charge in [-0.1, -0.05) is 55.5 Å². The maximum atomic E-state index is 12.4. The molecule has 0 amide bonds. The van der Waals surface area contributed by atoms with E-state index in [-0.39, 0.29) is 23.1 Å². The van der Waals surface area contributed by atoms with Crippen LogP contribution in [0.1, 0.15) is 19.4 Å². The third kappa shape index (κ3) is 6.61. The molecule has 0 aliphatic heterocycles. The third-order valence-corrected chi connectivity index (χ3v) is 5.88. The summed E-state index contributed by atoms with van der Waals surface area (Å²) in [4.78, 5) is 0.233. The van der Waals surface area contributed by atoms with Gasteiger partial charge in [0.05, 0.1) is 16.2 Å². The van der Waals surface area contributed by atoms with Crippen molar-refractivity contribution in [2.75, 3.05) is 12.3 Å². The number of rotatable bonds is 9. The Morgan fingerprint density at radius 2 is 1.64 bits per heavy atom. The van der Waals surface area contributed by atoms with Crippen LogP contribution in [-0.2, 0) is 16.3 Å². The highest BCUT2D eigenvalue weighted by molar-refractivity contribution is 7.91. The van der Waals surface area contributed by atoms with E-state index in [1.807, 2.05) is 24.7 Å². The lowest BCUT2D eigenvalue weighted by atomic mass is 10.0. The number of hydrogen-bond acceptors (Lipinski definition) is 4. The van der Waals surface area contributed by atoms with E-state index in [0.717, 1.165) is 6.42 Å². The second-order valence-electron chi connectivity index (χ2n) is 6.78. The number of nitrogens with one attached hydrogen (secondary N) is 1. The van der Waals surface area contributed by atoms with Gasteiger partial charge in [-0.3, -0.25) is 0 Å². The molecule has 2 N–H and O–H groups in total. The van der Waals surface area contributed by atoms with E-state index in [4.69, 9.17) is 0 Å². The van der Waals surface area contributed by atoms with Gasteiger partial charge in [-0.05, 0) is 37.0 Å². The predicted molar refractivity (Wildman–Crippen MR) is 101 cm³/mol. The molecule has 5 heteroatoms. The largest absolute Gasteiger partial charge is 0.388 e. The molecule has 1 radical (unpaired) electrons. The highest BCUT2D eigenvalue weighted by Crippen LogP contribution is 2.16. The minimum absolute atomic E-state index is 0.179. The Bertz CT molecular complexity index is 743.